The third kappa shape index (κ3) is 6.29. The summed E-state index contributed by atoms with van der Waals surface area (Å²) in [5.74, 6) is 1.30. The minimum atomic E-state index is -0.556. The normalized spacial score (nSPS) is 21.7. The van der Waals surface area contributed by atoms with Crippen molar-refractivity contribution >= 4 is 23.4 Å². The van der Waals surface area contributed by atoms with Crippen molar-refractivity contribution < 1.29 is 24.5 Å². The Bertz CT molecular complexity index is 798. The van der Waals surface area contributed by atoms with Gasteiger partial charge in [-0.2, -0.15) is 11.8 Å². The van der Waals surface area contributed by atoms with Gasteiger partial charge in [-0.05, 0) is 23.3 Å². The van der Waals surface area contributed by atoms with Crippen LogP contribution in [0, 0.1) is 0 Å². The number of carbonyl (C=O) groups is 1. The first-order chi connectivity index (χ1) is 14.1. The minimum Gasteiger partial charge on any atom is -0.396 e. The SMILES string of the molecule is CC(=O)Nc1cccc(C2OC(CSCCO)CC(c3ccc(CO)cc3)O2)c1. The number of ether oxygens (including phenoxy) is 2. The van der Waals surface area contributed by atoms with Crippen molar-refractivity contribution in [1.82, 2.24) is 0 Å². The fourth-order valence-electron chi connectivity index (χ4n) is 3.27. The maximum absolute atomic E-state index is 11.4. The van der Waals surface area contributed by atoms with E-state index in [-0.39, 0.29) is 31.3 Å². The molecule has 1 amide bonds. The van der Waals surface area contributed by atoms with E-state index in [4.69, 9.17) is 14.6 Å². The topological polar surface area (TPSA) is 88.0 Å². The van der Waals surface area contributed by atoms with E-state index in [2.05, 4.69) is 5.32 Å². The molecule has 0 aliphatic carbocycles. The first kappa shape index (κ1) is 21.8. The summed E-state index contributed by atoms with van der Waals surface area (Å²) in [4.78, 5) is 11.4. The highest BCUT2D eigenvalue weighted by Crippen LogP contribution is 2.39. The van der Waals surface area contributed by atoms with E-state index in [1.54, 1.807) is 11.8 Å². The molecule has 1 saturated heterocycles. The maximum Gasteiger partial charge on any atom is 0.221 e. The van der Waals surface area contributed by atoms with E-state index in [0.29, 0.717) is 17.9 Å². The Morgan fingerprint density at radius 1 is 1.14 bits per heavy atom. The summed E-state index contributed by atoms with van der Waals surface area (Å²) in [7, 11) is 0. The Balaban J connectivity index is 1.80. The molecule has 3 unspecified atom stereocenters. The Morgan fingerprint density at radius 3 is 2.62 bits per heavy atom. The summed E-state index contributed by atoms with van der Waals surface area (Å²) in [5.41, 5.74) is 3.43. The zero-order valence-electron chi connectivity index (χ0n) is 16.4. The van der Waals surface area contributed by atoms with E-state index in [1.165, 1.54) is 6.92 Å². The second-order valence-corrected chi connectivity index (χ2v) is 8.11. The highest BCUT2D eigenvalue weighted by atomic mass is 32.2. The molecule has 1 heterocycles. The fraction of sp³-hybridized carbons (Fsp3) is 0.409. The smallest absolute Gasteiger partial charge is 0.221 e. The van der Waals surface area contributed by atoms with Crippen LogP contribution in [0.3, 0.4) is 0 Å². The van der Waals surface area contributed by atoms with Crippen LogP contribution in [0.25, 0.3) is 0 Å². The van der Waals surface area contributed by atoms with Gasteiger partial charge in [0.1, 0.15) is 0 Å². The summed E-state index contributed by atoms with van der Waals surface area (Å²) in [6.07, 6.45) is -0.0266. The van der Waals surface area contributed by atoms with Crippen LogP contribution in [0.2, 0.25) is 0 Å². The summed E-state index contributed by atoms with van der Waals surface area (Å²) in [6, 6.07) is 15.2. The molecule has 1 fully saturated rings. The zero-order chi connectivity index (χ0) is 20.6. The highest BCUT2D eigenvalue weighted by Gasteiger charge is 2.32. The van der Waals surface area contributed by atoms with E-state index in [9.17, 15) is 9.90 Å². The molecular weight excluding hydrogens is 390 g/mol. The van der Waals surface area contributed by atoms with Crippen molar-refractivity contribution in [3.8, 4) is 0 Å². The van der Waals surface area contributed by atoms with Crippen LogP contribution in [-0.2, 0) is 20.9 Å². The van der Waals surface area contributed by atoms with Gasteiger partial charge in [-0.1, -0.05) is 36.4 Å². The number of nitrogens with one attached hydrogen (secondary N) is 1. The number of thioether (sulfide) groups is 1. The van der Waals surface area contributed by atoms with Gasteiger partial charge in [0.15, 0.2) is 6.29 Å². The molecule has 1 aliphatic heterocycles. The Labute approximate surface area is 175 Å². The summed E-state index contributed by atoms with van der Waals surface area (Å²) in [5, 5.41) is 21.1. The lowest BCUT2D eigenvalue weighted by molar-refractivity contribution is -0.245. The molecule has 0 radical (unpaired) electrons. The second-order valence-electron chi connectivity index (χ2n) is 6.96. The largest absolute Gasteiger partial charge is 0.396 e. The van der Waals surface area contributed by atoms with Gasteiger partial charge >= 0.3 is 0 Å². The number of anilines is 1. The second kappa shape index (κ2) is 10.8. The van der Waals surface area contributed by atoms with Crippen LogP contribution in [0.15, 0.2) is 48.5 Å². The summed E-state index contributed by atoms with van der Waals surface area (Å²) in [6.45, 7) is 1.62. The lowest BCUT2D eigenvalue weighted by atomic mass is 10.0. The molecule has 7 heteroatoms. The van der Waals surface area contributed by atoms with Crippen LogP contribution >= 0.6 is 11.8 Å². The molecule has 3 N–H and O–H groups in total. The molecule has 3 atom stereocenters. The van der Waals surface area contributed by atoms with Crippen molar-refractivity contribution in [2.75, 3.05) is 23.4 Å². The number of hydrogen-bond acceptors (Lipinski definition) is 6. The van der Waals surface area contributed by atoms with Gasteiger partial charge in [0.25, 0.3) is 0 Å². The summed E-state index contributed by atoms with van der Waals surface area (Å²) < 4.78 is 12.5. The van der Waals surface area contributed by atoms with Gasteiger partial charge in [0.2, 0.25) is 5.91 Å². The Morgan fingerprint density at radius 2 is 1.93 bits per heavy atom. The Kier molecular flexibility index (Phi) is 8.09. The molecule has 29 heavy (non-hydrogen) atoms. The average Bonchev–Trinajstić information content (AvgIpc) is 2.73. The first-order valence-electron chi connectivity index (χ1n) is 9.66. The van der Waals surface area contributed by atoms with Gasteiger partial charge in [0, 0.05) is 36.1 Å². The number of aliphatic hydroxyl groups excluding tert-OH is 2. The van der Waals surface area contributed by atoms with Gasteiger partial charge < -0.3 is 25.0 Å². The number of aliphatic hydroxyl groups is 2. The number of carbonyl (C=O) groups excluding carboxylic acids is 1. The van der Waals surface area contributed by atoms with Crippen LogP contribution in [0.5, 0.6) is 0 Å². The molecule has 2 aromatic rings. The number of benzene rings is 2. The maximum atomic E-state index is 11.4. The first-order valence-corrected chi connectivity index (χ1v) is 10.8. The van der Waals surface area contributed by atoms with Crippen molar-refractivity contribution in [1.29, 1.82) is 0 Å². The minimum absolute atomic E-state index is 0.00784. The van der Waals surface area contributed by atoms with E-state index in [0.717, 1.165) is 22.4 Å². The molecule has 156 valence electrons. The molecule has 3 rings (SSSR count). The predicted octanol–water partition coefficient (Wildman–Crippen LogP) is 3.41. The standard InChI is InChI=1S/C22H27NO5S/c1-15(26)23-19-4-2-3-18(11-19)22-27-20(14-29-10-9-24)12-21(28-22)17-7-5-16(13-25)6-8-17/h2-8,11,20-22,24-25H,9-10,12-14H2,1H3,(H,23,26). The zero-order valence-corrected chi connectivity index (χ0v) is 17.2. The van der Waals surface area contributed by atoms with Crippen molar-refractivity contribution in [2.24, 2.45) is 0 Å². The molecule has 2 aromatic carbocycles. The number of amides is 1. The molecule has 6 nitrogen and oxygen atoms in total. The lowest BCUT2D eigenvalue weighted by Gasteiger charge is -2.36. The van der Waals surface area contributed by atoms with E-state index >= 15 is 0 Å². The third-order valence-corrected chi connectivity index (χ3v) is 5.71. The molecule has 0 saturated carbocycles. The monoisotopic (exact) mass is 417 g/mol. The molecule has 0 aromatic heterocycles. The van der Waals surface area contributed by atoms with Gasteiger partial charge in [-0.15, -0.1) is 0 Å². The van der Waals surface area contributed by atoms with Crippen molar-refractivity contribution in [3.05, 3.63) is 65.2 Å². The summed E-state index contributed by atoms with van der Waals surface area (Å²) >= 11 is 1.65. The number of hydrogen-bond donors (Lipinski definition) is 3. The molecular formula is C22H27NO5S. The van der Waals surface area contributed by atoms with Crippen LogP contribution in [0.1, 0.15) is 42.4 Å². The fourth-order valence-corrected chi connectivity index (χ4v) is 4.04. The van der Waals surface area contributed by atoms with Gasteiger partial charge in [-0.3, -0.25) is 4.79 Å². The average molecular weight is 418 g/mol. The van der Waals surface area contributed by atoms with Gasteiger partial charge in [-0.25, -0.2) is 0 Å². The quantitative estimate of drug-likeness (QED) is 0.571. The third-order valence-electron chi connectivity index (χ3n) is 4.63. The molecule has 1 aliphatic rings. The van der Waals surface area contributed by atoms with Crippen LogP contribution < -0.4 is 5.32 Å². The highest BCUT2D eigenvalue weighted by molar-refractivity contribution is 7.99. The Hall–Kier alpha value is -1.90. The van der Waals surface area contributed by atoms with E-state index in [1.807, 2.05) is 48.5 Å². The van der Waals surface area contributed by atoms with Crippen molar-refractivity contribution in [3.63, 3.8) is 0 Å². The van der Waals surface area contributed by atoms with Gasteiger partial charge in [0.05, 0.1) is 25.4 Å². The molecule has 0 spiro atoms. The lowest BCUT2D eigenvalue weighted by Crippen LogP contribution is -2.31. The molecule has 0 bridgehead atoms. The van der Waals surface area contributed by atoms with E-state index < -0.39 is 6.29 Å². The number of rotatable bonds is 8. The van der Waals surface area contributed by atoms with Crippen molar-refractivity contribution in [2.45, 2.75) is 38.4 Å². The van der Waals surface area contributed by atoms with Crippen LogP contribution in [-0.4, -0.2) is 40.3 Å². The van der Waals surface area contributed by atoms with Crippen LogP contribution in [0.4, 0.5) is 5.69 Å². The predicted molar refractivity (Wildman–Crippen MR) is 114 cm³/mol.